The predicted molar refractivity (Wildman–Crippen MR) is 225 cm³/mol. The molecule has 4 atom stereocenters. The Hall–Kier alpha value is -5.41. The minimum Gasteiger partial charge on any atom is -0.444 e. The maximum absolute atomic E-state index is 14.6. The number of guanidine groups is 3. The Morgan fingerprint density at radius 1 is 0.661 bits per heavy atom. The Labute approximate surface area is 363 Å². The zero-order chi connectivity index (χ0) is 47.8. The highest BCUT2D eigenvalue weighted by atomic mass is 16.6. The van der Waals surface area contributed by atoms with Crippen molar-refractivity contribution in [2.24, 2.45) is 15.0 Å². The molecule has 2 fully saturated rings. The van der Waals surface area contributed by atoms with Crippen LogP contribution in [0.15, 0.2) is 15.0 Å². The first-order valence-corrected chi connectivity index (χ1v) is 20.3. The molecule has 22 nitrogen and oxygen atoms in total. The van der Waals surface area contributed by atoms with E-state index in [0.717, 1.165) is 9.80 Å². The van der Waals surface area contributed by atoms with Gasteiger partial charge in [-0.2, -0.15) is 0 Å². The summed E-state index contributed by atoms with van der Waals surface area (Å²) in [7, 11) is 0. The number of nitrogens with one attached hydrogen (secondary N) is 3. The fourth-order valence-electron chi connectivity index (χ4n) is 6.39. The van der Waals surface area contributed by atoms with Crippen molar-refractivity contribution < 1.29 is 62.3 Å². The summed E-state index contributed by atoms with van der Waals surface area (Å²) in [6.07, 6.45) is -8.06. The maximum Gasteiger partial charge on any atom is 0.437 e. The van der Waals surface area contributed by atoms with Crippen molar-refractivity contribution in [3.05, 3.63) is 0 Å². The predicted octanol–water partition coefficient (Wildman–Crippen LogP) is 5.57. The van der Waals surface area contributed by atoms with Crippen molar-refractivity contribution in [3.8, 4) is 0 Å². The third-order valence-corrected chi connectivity index (χ3v) is 8.01. The van der Waals surface area contributed by atoms with E-state index >= 15 is 0 Å². The number of aliphatic hydroxyl groups excluding tert-OH is 1. The summed E-state index contributed by atoms with van der Waals surface area (Å²) in [6, 6.07) is -3.01. The van der Waals surface area contributed by atoms with E-state index < -0.39 is 118 Å². The second-order valence-corrected chi connectivity index (χ2v) is 20.8. The second kappa shape index (κ2) is 17.8. The van der Waals surface area contributed by atoms with Gasteiger partial charge in [-0.1, -0.05) is 0 Å². The van der Waals surface area contributed by atoms with E-state index in [2.05, 4.69) is 25.9 Å². The molecule has 0 radical (unpaired) electrons. The van der Waals surface area contributed by atoms with Gasteiger partial charge in [-0.05, 0) is 131 Å². The molecular formula is C40H67N9O13. The Kier molecular flexibility index (Phi) is 14.6. The molecule has 3 heterocycles. The van der Waals surface area contributed by atoms with Gasteiger partial charge in [-0.25, -0.2) is 43.6 Å². The molecule has 3 aliphatic rings. The van der Waals surface area contributed by atoms with Crippen molar-refractivity contribution >= 4 is 54.4 Å². The van der Waals surface area contributed by atoms with E-state index in [1.165, 1.54) is 4.90 Å². The van der Waals surface area contributed by atoms with Gasteiger partial charge < -0.3 is 38.4 Å². The average Bonchev–Trinajstić information content (AvgIpc) is 3.50. The molecule has 4 N–H and O–H groups in total. The fourth-order valence-corrected chi connectivity index (χ4v) is 6.39. The van der Waals surface area contributed by atoms with Crippen LogP contribution < -0.4 is 16.0 Å². The third kappa shape index (κ3) is 13.8. The Morgan fingerprint density at radius 2 is 1.10 bits per heavy atom. The third-order valence-electron chi connectivity index (χ3n) is 8.01. The van der Waals surface area contributed by atoms with Crippen LogP contribution in [-0.4, -0.2) is 145 Å². The largest absolute Gasteiger partial charge is 0.444 e. The van der Waals surface area contributed by atoms with Crippen molar-refractivity contribution in [1.82, 2.24) is 30.7 Å². The normalized spacial score (nSPS) is 22.4. The second-order valence-electron chi connectivity index (χ2n) is 20.8. The number of ether oxygens (including phenoxy) is 6. The minimum atomic E-state index is -2.11. The molecule has 6 amide bonds. The number of carbonyl (C=O) groups is 6. The van der Waals surface area contributed by atoms with E-state index in [-0.39, 0.29) is 13.0 Å². The van der Waals surface area contributed by atoms with Crippen molar-refractivity contribution in [1.29, 1.82) is 0 Å². The molecule has 62 heavy (non-hydrogen) atoms. The summed E-state index contributed by atoms with van der Waals surface area (Å²) in [5.41, 5.74) is -8.44. The van der Waals surface area contributed by atoms with Crippen LogP contribution in [0.4, 0.5) is 28.8 Å². The van der Waals surface area contributed by atoms with Gasteiger partial charge in [0.15, 0.2) is 5.66 Å². The van der Waals surface area contributed by atoms with Crippen molar-refractivity contribution in [2.75, 3.05) is 13.1 Å². The van der Waals surface area contributed by atoms with Crippen LogP contribution in [0.3, 0.4) is 0 Å². The van der Waals surface area contributed by atoms with Crippen LogP contribution >= 0.6 is 0 Å². The standard InChI is InChI=1S/C40H67N9O13/c1-34(2,3)57-28(51)43-25(44-29(52)58-35(4,5)6)41-21-22-24-40(49(33(56)62-39(16,17)18)26(42-24)45-30(53)59-36(7,8)9)23(50)19-20-47(40)27(46-31(54)60-37(10,11)12)48(22)32(55)61-38(13,14)15/h22-24,50H,19-21H2,1-18H3,(H,42,45,53)(H2,41,43,44,51,52)/b46-27+/t22-,23-,24-,40-/m0/s1. The van der Waals surface area contributed by atoms with E-state index in [1.807, 2.05) is 0 Å². The molecule has 0 aromatic heterocycles. The van der Waals surface area contributed by atoms with Crippen molar-refractivity contribution in [3.63, 3.8) is 0 Å². The monoisotopic (exact) mass is 881 g/mol. The first kappa shape index (κ1) is 50.9. The highest BCUT2D eigenvalue weighted by Gasteiger charge is 2.72. The number of nitrogens with zero attached hydrogens (tertiary/aromatic N) is 6. The number of amides is 6. The zero-order valence-electron chi connectivity index (χ0n) is 39.4. The molecule has 0 saturated carbocycles. The Morgan fingerprint density at radius 3 is 1.55 bits per heavy atom. The number of hydrogen-bond acceptors (Lipinski definition) is 15. The van der Waals surface area contributed by atoms with E-state index in [0.29, 0.717) is 0 Å². The SMILES string of the molecule is CC(C)(C)OC(=O)/N=C1/N(C(=O)OC(C)(C)C)[C@@H](CN=C(NC(=O)OC(C)(C)C)NC(=O)OC(C)(C)C)[C@@H]2N=C(NC(=O)OC(C)(C)C)N(C(=O)OC(C)(C)C)[C@@]23[C@@H](O)CCN13. The van der Waals surface area contributed by atoms with E-state index in [9.17, 15) is 33.9 Å². The topological polar surface area (TPSA) is 261 Å². The van der Waals surface area contributed by atoms with Crippen LogP contribution in [-0.2, 0) is 28.4 Å². The fraction of sp³-hybridized carbons (Fsp3) is 0.775. The first-order valence-electron chi connectivity index (χ1n) is 20.3. The summed E-state index contributed by atoms with van der Waals surface area (Å²) in [4.78, 5) is 99.3. The first-order chi connectivity index (χ1) is 27.8. The molecule has 1 spiro atoms. The van der Waals surface area contributed by atoms with Gasteiger partial charge in [0, 0.05) is 6.54 Å². The Bertz CT molecular complexity index is 1810. The van der Waals surface area contributed by atoms with Gasteiger partial charge in [0.1, 0.15) is 45.8 Å². The number of hydrogen-bond donors (Lipinski definition) is 4. The minimum absolute atomic E-state index is 0.0951. The average molecular weight is 882 g/mol. The lowest BCUT2D eigenvalue weighted by molar-refractivity contribution is -0.0785. The summed E-state index contributed by atoms with van der Waals surface area (Å²) in [6.45, 7) is 28.2. The molecular weight excluding hydrogens is 814 g/mol. The summed E-state index contributed by atoms with van der Waals surface area (Å²) in [5, 5.41) is 19.5. The number of rotatable bonds is 2. The molecule has 3 rings (SSSR count). The van der Waals surface area contributed by atoms with Crippen LogP contribution in [0.1, 0.15) is 131 Å². The number of aliphatic hydroxyl groups is 1. The lowest BCUT2D eigenvalue weighted by Crippen LogP contribution is -2.79. The number of carbonyl (C=O) groups excluding carboxylic acids is 6. The lowest BCUT2D eigenvalue weighted by Gasteiger charge is -2.55. The van der Waals surface area contributed by atoms with Gasteiger partial charge >= 0.3 is 36.6 Å². The Balaban J connectivity index is 2.49. The molecule has 2 saturated heterocycles. The highest BCUT2D eigenvalue weighted by molar-refractivity contribution is 6.07. The van der Waals surface area contributed by atoms with Gasteiger partial charge in [0.25, 0.3) is 0 Å². The maximum atomic E-state index is 14.6. The van der Waals surface area contributed by atoms with Crippen LogP contribution in [0.5, 0.6) is 0 Å². The molecule has 0 aromatic carbocycles. The summed E-state index contributed by atoms with van der Waals surface area (Å²) in [5.74, 6) is -1.42. The van der Waals surface area contributed by atoms with Gasteiger partial charge in [-0.3, -0.25) is 20.9 Å². The molecule has 350 valence electrons. The highest BCUT2D eigenvalue weighted by Crippen LogP contribution is 2.48. The van der Waals surface area contributed by atoms with Gasteiger partial charge in [0.2, 0.25) is 17.9 Å². The van der Waals surface area contributed by atoms with E-state index in [1.54, 1.807) is 125 Å². The van der Waals surface area contributed by atoms with Crippen LogP contribution in [0.2, 0.25) is 0 Å². The molecule has 3 aliphatic heterocycles. The summed E-state index contributed by atoms with van der Waals surface area (Å²) < 4.78 is 33.6. The van der Waals surface area contributed by atoms with Crippen LogP contribution in [0.25, 0.3) is 0 Å². The molecule has 0 bridgehead atoms. The van der Waals surface area contributed by atoms with E-state index in [4.69, 9.17) is 33.4 Å². The number of aliphatic imine (C=N–C) groups is 3. The molecule has 0 aromatic rings. The summed E-state index contributed by atoms with van der Waals surface area (Å²) >= 11 is 0. The van der Waals surface area contributed by atoms with Crippen LogP contribution in [0, 0.1) is 0 Å². The van der Waals surface area contributed by atoms with Gasteiger partial charge in [-0.15, -0.1) is 4.99 Å². The smallest absolute Gasteiger partial charge is 0.437 e. The molecule has 0 unspecified atom stereocenters. The molecule has 22 heteroatoms. The number of alkyl carbamates (subject to hydrolysis) is 3. The molecule has 0 aliphatic carbocycles. The zero-order valence-corrected chi connectivity index (χ0v) is 39.4. The quantitative estimate of drug-likeness (QED) is 0.150. The lowest BCUT2D eigenvalue weighted by atomic mass is 9.86. The van der Waals surface area contributed by atoms with Crippen molar-refractivity contribution in [2.45, 2.75) is 189 Å². The van der Waals surface area contributed by atoms with Gasteiger partial charge in [0.05, 0.1) is 12.6 Å².